The van der Waals surface area contributed by atoms with Crippen molar-refractivity contribution in [3.8, 4) is 6.07 Å². The summed E-state index contributed by atoms with van der Waals surface area (Å²) in [5.74, 6) is 0.156. The van der Waals surface area contributed by atoms with Gasteiger partial charge in [0.05, 0.1) is 29.8 Å². The van der Waals surface area contributed by atoms with Crippen molar-refractivity contribution < 1.29 is 8.78 Å². The molecule has 0 aliphatic rings. The van der Waals surface area contributed by atoms with Crippen LogP contribution in [0.25, 0.3) is 0 Å². The minimum absolute atomic E-state index is 0.120. The minimum Gasteiger partial charge on any atom is -0.255 e. The Hall–Kier alpha value is -1.21. The van der Waals surface area contributed by atoms with E-state index in [0.717, 1.165) is 0 Å². The van der Waals surface area contributed by atoms with Crippen LogP contribution in [-0.2, 0) is 12.3 Å². The van der Waals surface area contributed by atoms with Crippen LogP contribution in [0, 0.1) is 18.3 Å². The van der Waals surface area contributed by atoms with Gasteiger partial charge in [-0.25, -0.2) is 8.78 Å². The smallest absolute Gasteiger partial charge is 0.255 e. The third-order valence-electron chi connectivity index (χ3n) is 2.00. The van der Waals surface area contributed by atoms with Gasteiger partial charge in [0, 0.05) is 5.56 Å². The van der Waals surface area contributed by atoms with E-state index in [0.29, 0.717) is 11.3 Å². The molecule has 0 bridgehead atoms. The summed E-state index contributed by atoms with van der Waals surface area (Å²) in [5, 5.41) is 8.51. The van der Waals surface area contributed by atoms with E-state index in [1.54, 1.807) is 6.92 Å². The summed E-state index contributed by atoms with van der Waals surface area (Å²) < 4.78 is 25.3. The maximum atomic E-state index is 12.7. The Morgan fingerprint density at radius 2 is 2.27 bits per heavy atom. The first kappa shape index (κ1) is 11.9. The second-order valence-corrected chi connectivity index (χ2v) is 3.33. The summed E-state index contributed by atoms with van der Waals surface area (Å²) in [5.41, 5.74) is 0.929. The topological polar surface area (TPSA) is 36.7 Å². The highest BCUT2D eigenvalue weighted by Crippen LogP contribution is 2.26. The molecule has 1 aromatic rings. The maximum Gasteiger partial charge on any atom is 0.265 e. The van der Waals surface area contributed by atoms with Crippen molar-refractivity contribution in [1.29, 1.82) is 5.26 Å². The molecule has 0 aliphatic heterocycles. The lowest BCUT2D eigenvalue weighted by atomic mass is 10.1. The lowest BCUT2D eigenvalue weighted by Crippen LogP contribution is -2.03. The van der Waals surface area contributed by atoms with Gasteiger partial charge < -0.3 is 0 Å². The lowest BCUT2D eigenvalue weighted by molar-refractivity contribution is 0.149. The summed E-state index contributed by atoms with van der Waals surface area (Å²) >= 11 is 5.57. The SMILES string of the molecule is Cc1cc(CCl)nc(CC#N)c1C(F)F. The first-order valence-corrected chi connectivity index (χ1v) is 4.84. The van der Waals surface area contributed by atoms with Gasteiger partial charge in [-0.1, -0.05) is 0 Å². The standard InChI is InChI=1S/C10H9ClF2N2/c1-6-4-7(5-11)15-8(2-3-14)9(6)10(12)13/h4,10H,2,5H2,1H3. The molecule has 1 rings (SSSR count). The average Bonchev–Trinajstić information content (AvgIpc) is 2.16. The number of pyridine rings is 1. The van der Waals surface area contributed by atoms with Crippen molar-refractivity contribution in [2.24, 2.45) is 0 Å². The van der Waals surface area contributed by atoms with Crippen LogP contribution < -0.4 is 0 Å². The number of nitriles is 1. The van der Waals surface area contributed by atoms with Crippen molar-refractivity contribution >= 4 is 11.6 Å². The van der Waals surface area contributed by atoms with Gasteiger partial charge in [-0.05, 0) is 18.6 Å². The van der Waals surface area contributed by atoms with E-state index < -0.39 is 6.43 Å². The van der Waals surface area contributed by atoms with E-state index in [1.165, 1.54) is 6.07 Å². The number of rotatable bonds is 3. The molecule has 0 saturated heterocycles. The van der Waals surface area contributed by atoms with Gasteiger partial charge in [-0.2, -0.15) is 5.26 Å². The molecule has 0 unspecified atom stereocenters. The van der Waals surface area contributed by atoms with Crippen molar-refractivity contribution in [3.63, 3.8) is 0 Å². The average molecular weight is 231 g/mol. The molecule has 0 N–H and O–H groups in total. The Labute approximate surface area is 91.5 Å². The molecule has 0 radical (unpaired) electrons. The first-order valence-electron chi connectivity index (χ1n) is 4.30. The number of hydrogen-bond donors (Lipinski definition) is 0. The minimum atomic E-state index is -2.61. The Morgan fingerprint density at radius 3 is 2.73 bits per heavy atom. The lowest BCUT2D eigenvalue weighted by Gasteiger charge is -2.10. The number of aromatic nitrogens is 1. The van der Waals surface area contributed by atoms with Gasteiger partial charge in [0.25, 0.3) is 6.43 Å². The quantitative estimate of drug-likeness (QED) is 0.748. The van der Waals surface area contributed by atoms with Gasteiger partial charge in [-0.15, -0.1) is 11.6 Å². The van der Waals surface area contributed by atoms with Crippen LogP contribution in [0.3, 0.4) is 0 Å². The summed E-state index contributed by atoms with van der Waals surface area (Å²) in [4.78, 5) is 3.93. The molecule has 0 amide bonds. The zero-order valence-corrected chi connectivity index (χ0v) is 8.85. The molecule has 0 aliphatic carbocycles. The summed E-state index contributed by atoms with van der Waals surface area (Å²) in [6.45, 7) is 1.57. The van der Waals surface area contributed by atoms with E-state index in [1.807, 2.05) is 6.07 Å². The Bertz CT molecular complexity index is 399. The van der Waals surface area contributed by atoms with Crippen LogP contribution in [0.15, 0.2) is 6.07 Å². The Kier molecular flexibility index (Phi) is 3.98. The van der Waals surface area contributed by atoms with Gasteiger partial charge in [0.1, 0.15) is 0 Å². The van der Waals surface area contributed by atoms with Crippen LogP contribution >= 0.6 is 11.6 Å². The van der Waals surface area contributed by atoms with E-state index in [9.17, 15) is 8.78 Å². The number of alkyl halides is 3. The largest absolute Gasteiger partial charge is 0.265 e. The Morgan fingerprint density at radius 1 is 1.60 bits per heavy atom. The van der Waals surface area contributed by atoms with Gasteiger partial charge in [0.2, 0.25) is 0 Å². The van der Waals surface area contributed by atoms with E-state index in [2.05, 4.69) is 4.98 Å². The second-order valence-electron chi connectivity index (χ2n) is 3.06. The normalized spacial score (nSPS) is 10.4. The molecule has 0 atom stereocenters. The molecule has 1 heterocycles. The van der Waals surface area contributed by atoms with Crippen LogP contribution in [0.1, 0.15) is 28.9 Å². The number of nitrogens with zero attached hydrogens (tertiary/aromatic N) is 2. The molecule has 0 aromatic carbocycles. The predicted molar refractivity (Wildman–Crippen MR) is 52.8 cm³/mol. The van der Waals surface area contributed by atoms with Crippen molar-refractivity contribution in [1.82, 2.24) is 4.98 Å². The fourth-order valence-electron chi connectivity index (χ4n) is 1.40. The molecular formula is C10H9ClF2N2. The highest BCUT2D eigenvalue weighted by atomic mass is 35.5. The number of halogens is 3. The van der Waals surface area contributed by atoms with Gasteiger partial charge in [-0.3, -0.25) is 4.98 Å². The molecule has 5 heteroatoms. The highest BCUT2D eigenvalue weighted by molar-refractivity contribution is 6.16. The highest BCUT2D eigenvalue weighted by Gasteiger charge is 2.17. The third-order valence-corrected chi connectivity index (χ3v) is 2.27. The predicted octanol–water partition coefficient (Wildman–Crippen LogP) is 3.13. The van der Waals surface area contributed by atoms with Gasteiger partial charge in [0.15, 0.2) is 0 Å². The van der Waals surface area contributed by atoms with Crippen molar-refractivity contribution in [3.05, 3.63) is 28.6 Å². The second kappa shape index (κ2) is 5.04. The number of aryl methyl sites for hydroxylation is 1. The molecule has 0 fully saturated rings. The maximum absolute atomic E-state index is 12.7. The fraction of sp³-hybridized carbons (Fsp3) is 0.400. The van der Waals surface area contributed by atoms with Crippen LogP contribution in [0.2, 0.25) is 0 Å². The molecular weight excluding hydrogens is 222 g/mol. The molecule has 0 spiro atoms. The molecule has 1 aromatic heterocycles. The summed E-state index contributed by atoms with van der Waals surface area (Å²) in [6.07, 6.45) is -2.73. The van der Waals surface area contributed by atoms with Gasteiger partial charge >= 0.3 is 0 Å². The monoisotopic (exact) mass is 230 g/mol. The van der Waals surface area contributed by atoms with Crippen LogP contribution in [0.5, 0.6) is 0 Å². The molecule has 80 valence electrons. The van der Waals surface area contributed by atoms with Crippen molar-refractivity contribution in [2.75, 3.05) is 0 Å². The molecule has 0 saturated carbocycles. The summed E-state index contributed by atoms with van der Waals surface area (Å²) in [7, 11) is 0. The first-order chi connectivity index (χ1) is 7.10. The van der Waals surface area contributed by atoms with Crippen LogP contribution in [0.4, 0.5) is 8.78 Å². The van der Waals surface area contributed by atoms with Crippen molar-refractivity contribution in [2.45, 2.75) is 25.7 Å². The summed E-state index contributed by atoms with van der Waals surface area (Å²) in [6, 6.07) is 3.34. The van der Waals surface area contributed by atoms with E-state index in [-0.39, 0.29) is 23.6 Å². The van der Waals surface area contributed by atoms with E-state index >= 15 is 0 Å². The molecule has 2 nitrogen and oxygen atoms in total. The zero-order valence-electron chi connectivity index (χ0n) is 8.10. The molecule has 15 heavy (non-hydrogen) atoms. The fourth-order valence-corrected chi connectivity index (χ4v) is 1.53. The zero-order chi connectivity index (χ0) is 11.4. The van der Waals surface area contributed by atoms with E-state index in [4.69, 9.17) is 16.9 Å². The number of hydrogen-bond acceptors (Lipinski definition) is 2. The third kappa shape index (κ3) is 2.63. The Balaban J connectivity index is 3.30. The van der Waals surface area contributed by atoms with Crippen LogP contribution in [-0.4, -0.2) is 4.98 Å².